The molecule has 0 saturated heterocycles. The van der Waals surface area contributed by atoms with Crippen LogP contribution < -0.4 is 5.32 Å². The fourth-order valence-corrected chi connectivity index (χ4v) is 6.84. The van der Waals surface area contributed by atoms with Crippen molar-refractivity contribution in [1.29, 1.82) is 0 Å². The van der Waals surface area contributed by atoms with Crippen molar-refractivity contribution in [2.24, 2.45) is 23.2 Å². The van der Waals surface area contributed by atoms with E-state index in [2.05, 4.69) is 30.4 Å². The van der Waals surface area contributed by atoms with E-state index in [4.69, 9.17) is 16.0 Å². The first-order valence-corrected chi connectivity index (χ1v) is 11.0. The molecule has 1 aromatic heterocycles. The Morgan fingerprint density at radius 1 is 1.07 bits per heavy atom. The fraction of sp³-hybridized carbons (Fsp3) is 0.583. The summed E-state index contributed by atoms with van der Waals surface area (Å²) in [6.07, 6.45) is 8.85. The maximum Gasteiger partial charge on any atom is 0.134 e. The Morgan fingerprint density at radius 3 is 2.41 bits per heavy atom. The van der Waals surface area contributed by atoms with E-state index in [0.717, 1.165) is 52.0 Å². The third-order valence-electron chi connectivity index (χ3n) is 7.78. The fourth-order valence-electron chi connectivity index (χ4n) is 6.67. The van der Waals surface area contributed by atoms with E-state index in [1.165, 1.54) is 38.5 Å². The summed E-state index contributed by atoms with van der Waals surface area (Å²) in [4.78, 5) is 0. The third kappa shape index (κ3) is 3.15. The highest BCUT2D eigenvalue weighted by Gasteiger charge is 2.52. The Hall–Kier alpha value is -1.25. The van der Waals surface area contributed by atoms with E-state index in [-0.39, 0.29) is 0 Å². The largest absolute Gasteiger partial charge is 0.460 e. The van der Waals surface area contributed by atoms with Gasteiger partial charge in [0, 0.05) is 16.6 Å². The average Bonchev–Trinajstić information content (AvgIpc) is 3.09. The molecule has 0 unspecified atom stereocenters. The normalized spacial score (nSPS) is 32.8. The molecule has 1 aromatic carbocycles. The summed E-state index contributed by atoms with van der Waals surface area (Å²) in [5, 5.41) is 4.62. The summed E-state index contributed by atoms with van der Waals surface area (Å²) in [7, 11) is 0. The monoisotopic (exact) mass is 383 g/mol. The van der Waals surface area contributed by atoms with Gasteiger partial charge in [-0.2, -0.15) is 0 Å². The van der Waals surface area contributed by atoms with E-state index in [1.807, 2.05) is 19.1 Å². The van der Waals surface area contributed by atoms with Crippen LogP contribution in [0.15, 0.2) is 34.7 Å². The molecule has 0 amide bonds. The summed E-state index contributed by atoms with van der Waals surface area (Å²) in [6.45, 7) is 5.27. The second kappa shape index (κ2) is 6.67. The minimum absolute atomic E-state index is 0.535. The van der Waals surface area contributed by atoms with Gasteiger partial charge in [-0.05, 0) is 99.3 Å². The van der Waals surface area contributed by atoms with Crippen molar-refractivity contribution in [2.45, 2.75) is 65.0 Å². The van der Waals surface area contributed by atoms with E-state index in [1.54, 1.807) is 0 Å². The Bertz CT molecular complexity index is 803. The predicted octanol–water partition coefficient (Wildman–Crippen LogP) is 6.60. The lowest BCUT2D eigenvalue weighted by atomic mass is 9.48. The quantitative estimate of drug-likeness (QED) is 0.628. The molecule has 27 heavy (non-hydrogen) atoms. The van der Waals surface area contributed by atoms with Gasteiger partial charge in [-0.15, -0.1) is 0 Å². The van der Waals surface area contributed by atoms with Gasteiger partial charge in [0.2, 0.25) is 0 Å². The first-order valence-electron chi connectivity index (χ1n) is 10.6. The van der Waals surface area contributed by atoms with Gasteiger partial charge in [0.05, 0.1) is 6.54 Å². The number of hydrogen-bond acceptors (Lipinski definition) is 2. The molecular weight excluding hydrogens is 354 g/mol. The lowest BCUT2D eigenvalue weighted by Gasteiger charge is -2.59. The van der Waals surface area contributed by atoms with Gasteiger partial charge in [-0.1, -0.05) is 23.7 Å². The van der Waals surface area contributed by atoms with Crippen molar-refractivity contribution >= 4 is 11.6 Å². The highest BCUT2D eigenvalue weighted by molar-refractivity contribution is 6.31. The first-order chi connectivity index (χ1) is 13.0. The molecule has 4 fully saturated rings. The molecule has 1 N–H and O–H groups in total. The third-order valence-corrected chi connectivity index (χ3v) is 8.19. The SMILES string of the molecule is Cc1c(Cl)cccc1-c1ccc(CN[C@@H](C)C23CC4CC(CC(C4)C2)C3)o1. The summed E-state index contributed by atoms with van der Waals surface area (Å²) in [5.74, 6) is 4.93. The molecular formula is C24H30ClNO. The lowest BCUT2D eigenvalue weighted by molar-refractivity contribution is -0.0708. The number of halogens is 1. The molecule has 1 atom stereocenters. The van der Waals surface area contributed by atoms with Gasteiger partial charge in [0.15, 0.2) is 0 Å². The Morgan fingerprint density at radius 2 is 1.74 bits per heavy atom. The van der Waals surface area contributed by atoms with Crippen LogP contribution in [0.5, 0.6) is 0 Å². The maximum absolute atomic E-state index is 6.27. The molecule has 2 aromatic rings. The van der Waals surface area contributed by atoms with Crippen LogP contribution in [0, 0.1) is 30.1 Å². The van der Waals surface area contributed by atoms with Crippen molar-refractivity contribution in [2.75, 3.05) is 0 Å². The van der Waals surface area contributed by atoms with Crippen LogP contribution in [0.1, 0.15) is 56.8 Å². The van der Waals surface area contributed by atoms with Crippen LogP contribution in [-0.2, 0) is 6.54 Å². The molecule has 1 heterocycles. The first kappa shape index (κ1) is 17.8. The zero-order valence-corrected chi connectivity index (χ0v) is 17.2. The summed E-state index contributed by atoms with van der Waals surface area (Å²) < 4.78 is 6.15. The average molecular weight is 384 g/mol. The zero-order valence-electron chi connectivity index (χ0n) is 16.4. The highest BCUT2D eigenvalue weighted by Crippen LogP contribution is 2.61. The summed E-state index contributed by atoms with van der Waals surface area (Å²) in [5.41, 5.74) is 2.70. The molecule has 4 saturated carbocycles. The summed E-state index contributed by atoms with van der Waals surface area (Å²) in [6, 6.07) is 10.7. The van der Waals surface area contributed by atoms with Gasteiger partial charge in [-0.25, -0.2) is 0 Å². The van der Waals surface area contributed by atoms with E-state index < -0.39 is 0 Å². The zero-order chi connectivity index (χ0) is 18.6. The predicted molar refractivity (Wildman–Crippen MR) is 111 cm³/mol. The Labute approximate surface area is 167 Å². The van der Waals surface area contributed by atoms with Crippen LogP contribution >= 0.6 is 11.6 Å². The number of nitrogens with one attached hydrogen (secondary N) is 1. The number of hydrogen-bond donors (Lipinski definition) is 1. The van der Waals surface area contributed by atoms with Crippen molar-refractivity contribution < 1.29 is 4.42 Å². The molecule has 0 radical (unpaired) electrons. The van der Waals surface area contributed by atoms with Crippen molar-refractivity contribution in [1.82, 2.24) is 5.32 Å². The standard InChI is InChI=1S/C24H30ClNO/c1-15-21(4-3-5-22(15)25)23-7-6-20(27-23)14-26-16(2)24-11-17-8-18(12-24)10-19(9-17)13-24/h3-7,16-19,26H,8-14H2,1-2H3/t16-,17?,18?,19?,24?/m0/s1. The summed E-state index contributed by atoms with van der Waals surface area (Å²) >= 11 is 6.27. The highest BCUT2D eigenvalue weighted by atomic mass is 35.5. The van der Waals surface area contributed by atoms with Crippen molar-refractivity contribution in [3.8, 4) is 11.3 Å². The van der Waals surface area contributed by atoms with Gasteiger partial charge in [0.25, 0.3) is 0 Å². The Kier molecular flexibility index (Phi) is 4.40. The topological polar surface area (TPSA) is 25.2 Å². The second-order valence-electron chi connectivity index (χ2n) is 9.56. The minimum atomic E-state index is 0.535. The smallest absolute Gasteiger partial charge is 0.134 e. The van der Waals surface area contributed by atoms with Crippen LogP contribution in [0.25, 0.3) is 11.3 Å². The molecule has 4 aliphatic carbocycles. The maximum atomic E-state index is 6.27. The van der Waals surface area contributed by atoms with Crippen LogP contribution in [0.4, 0.5) is 0 Å². The molecule has 2 nitrogen and oxygen atoms in total. The van der Waals surface area contributed by atoms with Gasteiger partial charge >= 0.3 is 0 Å². The molecule has 144 valence electrons. The van der Waals surface area contributed by atoms with Crippen LogP contribution in [-0.4, -0.2) is 6.04 Å². The van der Waals surface area contributed by atoms with Crippen molar-refractivity contribution in [3.05, 3.63) is 46.7 Å². The molecule has 6 rings (SSSR count). The molecule has 0 spiro atoms. The van der Waals surface area contributed by atoms with E-state index >= 15 is 0 Å². The number of furan rings is 1. The molecule has 0 aliphatic heterocycles. The number of benzene rings is 1. The molecule has 3 heteroatoms. The van der Waals surface area contributed by atoms with Gasteiger partial charge in [0.1, 0.15) is 11.5 Å². The lowest BCUT2D eigenvalue weighted by Crippen LogP contribution is -2.54. The van der Waals surface area contributed by atoms with Crippen LogP contribution in [0.3, 0.4) is 0 Å². The van der Waals surface area contributed by atoms with Gasteiger partial charge < -0.3 is 9.73 Å². The molecule has 4 aliphatic rings. The Balaban J connectivity index is 1.27. The second-order valence-corrected chi connectivity index (χ2v) is 9.97. The van der Waals surface area contributed by atoms with Crippen LogP contribution in [0.2, 0.25) is 5.02 Å². The van der Waals surface area contributed by atoms with Gasteiger partial charge in [-0.3, -0.25) is 0 Å². The van der Waals surface area contributed by atoms with Crippen molar-refractivity contribution in [3.63, 3.8) is 0 Å². The van der Waals surface area contributed by atoms with E-state index in [0.29, 0.717) is 11.5 Å². The van der Waals surface area contributed by atoms with E-state index in [9.17, 15) is 0 Å². The number of rotatable bonds is 5. The molecule has 4 bridgehead atoms. The minimum Gasteiger partial charge on any atom is -0.460 e.